The van der Waals surface area contributed by atoms with Crippen LogP contribution in [0.15, 0.2) is 72.0 Å². The molecule has 0 radical (unpaired) electrons. The molecule has 1 aliphatic heterocycles. The second kappa shape index (κ2) is 6.81. The normalized spacial score (nSPS) is 19.6. The molecule has 2 aromatic rings. The predicted octanol–water partition coefficient (Wildman–Crippen LogP) is 2.25. The zero-order valence-corrected chi connectivity index (χ0v) is 14.0. The van der Waals surface area contributed by atoms with Gasteiger partial charge >= 0.3 is 0 Å². The molecule has 0 saturated heterocycles. The lowest BCUT2D eigenvalue weighted by molar-refractivity contribution is -0.123. The van der Waals surface area contributed by atoms with Crippen LogP contribution in [0.3, 0.4) is 0 Å². The summed E-state index contributed by atoms with van der Waals surface area (Å²) in [5, 5.41) is 16.0. The summed E-state index contributed by atoms with van der Waals surface area (Å²) in [5.74, 6) is -1.34. The van der Waals surface area contributed by atoms with Gasteiger partial charge in [0.15, 0.2) is 0 Å². The molecule has 0 saturated carbocycles. The number of rotatable bonds is 5. The van der Waals surface area contributed by atoms with Crippen molar-refractivity contribution >= 4 is 11.8 Å². The minimum Gasteiger partial charge on any atom is -0.509 e. The monoisotopic (exact) mass is 336 g/mol. The molecule has 0 bridgehead atoms. The summed E-state index contributed by atoms with van der Waals surface area (Å²) in [6, 6.07) is 18.9. The summed E-state index contributed by atoms with van der Waals surface area (Å²) in [7, 11) is 0. The number of aliphatic hydroxyl groups excluding tert-OH is 1. The predicted molar refractivity (Wildman–Crippen MR) is 94.6 cm³/mol. The Hall–Kier alpha value is -3.08. The average molecular weight is 336 g/mol. The minimum atomic E-state index is -0.988. The first-order valence-electron chi connectivity index (χ1n) is 8.12. The van der Waals surface area contributed by atoms with E-state index in [0.29, 0.717) is 13.0 Å². The molecule has 1 aliphatic rings. The smallest absolute Gasteiger partial charge is 0.261 e. The maximum atomic E-state index is 12.4. The number of amides is 2. The summed E-state index contributed by atoms with van der Waals surface area (Å²) in [6.07, 6.45) is 0.404. The van der Waals surface area contributed by atoms with Gasteiger partial charge in [-0.2, -0.15) is 0 Å². The highest BCUT2D eigenvalue weighted by Crippen LogP contribution is 2.28. The van der Waals surface area contributed by atoms with E-state index in [4.69, 9.17) is 0 Å². The van der Waals surface area contributed by atoms with Gasteiger partial charge in [-0.05, 0) is 18.1 Å². The van der Waals surface area contributed by atoms with Gasteiger partial charge in [-0.3, -0.25) is 9.59 Å². The van der Waals surface area contributed by atoms with Crippen LogP contribution in [-0.4, -0.2) is 22.5 Å². The molecule has 2 aromatic carbocycles. The van der Waals surface area contributed by atoms with Crippen molar-refractivity contribution in [1.82, 2.24) is 10.6 Å². The second-order valence-corrected chi connectivity index (χ2v) is 6.34. The van der Waals surface area contributed by atoms with E-state index in [1.807, 2.05) is 60.7 Å². The minimum absolute atomic E-state index is 0.214. The topological polar surface area (TPSA) is 78.4 Å². The molecule has 3 rings (SSSR count). The van der Waals surface area contributed by atoms with Crippen LogP contribution < -0.4 is 10.6 Å². The first-order chi connectivity index (χ1) is 12.0. The molecule has 5 nitrogen and oxygen atoms in total. The number of hydrogen-bond acceptors (Lipinski definition) is 3. The zero-order valence-electron chi connectivity index (χ0n) is 14.0. The van der Waals surface area contributed by atoms with E-state index in [1.54, 1.807) is 6.92 Å². The van der Waals surface area contributed by atoms with Gasteiger partial charge in [-0.25, -0.2) is 0 Å². The van der Waals surface area contributed by atoms with Crippen LogP contribution in [0.2, 0.25) is 0 Å². The molecule has 128 valence electrons. The fourth-order valence-corrected chi connectivity index (χ4v) is 2.96. The molecule has 0 aromatic heterocycles. The molecule has 1 unspecified atom stereocenters. The van der Waals surface area contributed by atoms with Gasteiger partial charge in [0.1, 0.15) is 11.3 Å². The molecule has 1 atom stereocenters. The maximum Gasteiger partial charge on any atom is 0.261 e. The lowest BCUT2D eigenvalue weighted by atomic mass is 9.91. The SMILES string of the molecule is CC1(Cc2ccccc2)NC(=O)C(C(=O)NCc2ccccc2)=C1O. The lowest BCUT2D eigenvalue weighted by Gasteiger charge is -2.24. The summed E-state index contributed by atoms with van der Waals surface area (Å²) in [5.41, 5.74) is 0.677. The Morgan fingerprint density at radius 2 is 1.60 bits per heavy atom. The first kappa shape index (κ1) is 16.8. The van der Waals surface area contributed by atoms with Gasteiger partial charge in [0.25, 0.3) is 11.8 Å². The Morgan fingerprint density at radius 1 is 1.04 bits per heavy atom. The molecule has 1 heterocycles. The van der Waals surface area contributed by atoms with Crippen LogP contribution in [0, 0.1) is 0 Å². The number of benzene rings is 2. The Morgan fingerprint density at radius 3 is 2.20 bits per heavy atom. The molecular weight excluding hydrogens is 316 g/mol. The van der Waals surface area contributed by atoms with Crippen molar-refractivity contribution in [3.63, 3.8) is 0 Å². The Bertz CT molecular complexity index is 815. The first-order valence-corrected chi connectivity index (χ1v) is 8.12. The van der Waals surface area contributed by atoms with Crippen molar-refractivity contribution in [2.45, 2.75) is 25.4 Å². The van der Waals surface area contributed by atoms with Gasteiger partial charge in [0, 0.05) is 13.0 Å². The fraction of sp³-hybridized carbons (Fsp3) is 0.200. The van der Waals surface area contributed by atoms with Crippen LogP contribution in [0.1, 0.15) is 18.1 Å². The highest BCUT2D eigenvalue weighted by atomic mass is 16.3. The van der Waals surface area contributed by atoms with Crippen molar-refractivity contribution < 1.29 is 14.7 Å². The highest BCUT2D eigenvalue weighted by molar-refractivity contribution is 6.21. The zero-order chi connectivity index (χ0) is 17.9. The summed E-state index contributed by atoms with van der Waals surface area (Å²) in [4.78, 5) is 24.6. The fourth-order valence-electron chi connectivity index (χ4n) is 2.96. The van der Waals surface area contributed by atoms with Crippen molar-refractivity contribution in [2.75, 3.05) is 0 Å². The van der Waals surface area contributed by atoms with Gasteiger partial charge in [-0.1, -0.05) is 60.7 Å². The molecular formula is C20H20N2O3. The summed E-state index contributed by atoms with van der Waals surface area (Å²) in [6.45, 7) is 2.00. The molecule has 25 heavy (non-hydrogen) atoms. The van der Waals surface area contributed by atoms with Crippen molar-refractivity contribution in [3.8, 4) is 0 Å². The maximum absolute atomic E-state index is 12.4. The molecule has 0 fully saturated rings. The molecule has 5 heteroatoms. The molecule has 2 amide bonds. The van der Waals surface area contributed by atoms with Gasteiger partial charge in [0.2, 0.25) is 0 Å². The van der Waals surface area contributed by atoms with E-state index in [0.717, 1.165) is 11.1 Å². The van der Waals surface area contributed by atoms with Crippen molar-refractivity contribution in [1.29, 1.82) is 0 Å². The number of hydrogen-bond donors (Lipinski definition) is 3. The number of carbonyl (C=O) groups excluding carboxylic acids is 2. The van der Waals surface area contributed by atoms with Gasteiger partial charge < -0.3 is 15.7 Å². The Labute approximate surface area is 146 Å². The standard InChI is InChI=1S/C20H20N2O3/c1-20(12-14-8-4-2-5-9-14)17(23)16(19(25)22-20)18(24)21-13-15-10-6-3-7-11-15/h2-11,23H,12-13H2,1H3,(H,21,24)(H,22,25). The van der Waals surface area contributed by atoms with E-state index in [9.17, 15) is 14.7 Å². The molecule has 0 spiro atoms. The van der Waals surface area contributed by atoms with Crippen LogP contribution in [-0.2, 0) is 22.6 Å². The van der Waals surface area contributed by atoms with Crippen LogP contribution in [0.25, 0.3) is 0 Å². The van der Waals surface area contributed by atoms with Gasteiger partial charge in [0.05, 0.1) is 5.54 Å². The Balaban J connectivity index is 1.76. The van der Waals surface area contributed by atoms with E-state index >= 15 is 0 Å². The third-order valence-electron chi connectivity index (χ3n) is 4.30. The average Bonchev–Trinajstić information content (AvgIpc) is 2.83. The number of nitrogens with one attached hydrogen (secondary N) is 2. The van der Waals surface area contributed by atoms with E-state index in [-0.39, 0.29) is 11.3 Å². The largest absolute Gasteiger partial charge is 0.509 e. The van der Waals surface area contributed by atoms with E-state index in [2.05, 4.69) is 10.6 Å². The van der Waals surface area contributed by atoms with Gasteiger partial charge in [-0.15, -0.1) is 0 Å². The third kappa shape index (κ3) is 3.55. The number of carbonyl (C=O) groups is 2. The second-order valence-electron chi connectivity index (χ2n) is 6.34. The summed E-state index contributed by atoms with van der Waals surface area (Å²) < 4.78 is 0. The highest BCUT2D eigenvalue weighted by Gasteiger charge is 2.44. The third-order valence-corrected chi connectivity index (χ3v) is 4.30. The van der Waals surface area contributed by atoms with Crippen molar-refractivity contribution in [3.05, 3.63) is 83.1 Å². The Kier molecular flexibility index (Phi) is 4.57. The van der Waals surface area contributed by atoms with E-state index < -0.39 is 17.4 Å². The van der Waals surface area contributed by atoms with Crippen LogP contribution >= 0.6 is 0 Å². The van der Waals surface area contributed by atoms with Crippen LogP contribution in [0.4, 0.5) is 0 Å². The lowest BCUT2D eigenvalue weighted by Crippen LogP contribution is -2.43. The van der Waals surface area contributed by atoms with E-state index in [1.165, 1.54) is 0 Å². The quantitative estimate of drug-likeness (QED) is 0.733. The molecule has 0 aliphatic carbocycles. The molecule has 3 N–H and O–H groups in total. The van der Waals surface area contributed by atoms with Crippen LogP contribution in [0.5, 0.6) is 0 Å². The van der Waals surface area contributed by atoms with Crippen molar-refractivity contribution in [2.24, 2.45) is 0 Å². The summed E-state index contributed by atoms with van der Waals surface area (Å²) >= 11 is 0. The number of aliphatic hydroxyl groups is 1.